The van der Waals surface area contributed by atoms with Crippen molar-refractivity contribution in [3.63, 3.8) is 0 Å². The van der Waals surface area contributed by atoms with Crippen molar-refractivity contribution in [2.75, 3.05) is 13.1 Å². The lowest BCUT2D eigenvalue weighted by atomic mass is 9.62. The molecule has 0 saturated carbocycles. The van der Waals surface area contributed by atoms with Gasteiger partial charge in [-0.25, -0.2) is 4.83 Å². The van der Waals surface area contributed by atoms with Crippen LogP contribution in [0.1, 0.15) is 121 Å². The van der Waals surface area contributed by atoms with Crippen LogP contribution in [-0.2, 0) is 59.5 Å². The van der Waals surface area contributed by atoms with Crippen LogP contribution in [-0.4, -0.2) is 75.3 Å². The van der Waals surface area contributed by atoms with Gasteiger partial charge in [0.15, 0.2) is 0 Å². The van der Waals surface area contributed by atoms with Crippen molar-refractivity contribution >= 4 is 94.6 Å². The Labute approximate surface area is 363 Å². The van der Waals surface area contributed by atoms with Crippen LogP contribution in [0, 0.1) is 43.8 Å². The predicted molar refractivity (Wildman–Crippen MR) is 246 cm³/mol. The highest BCUT2D eigenvalue weighted by Gasteiger charge is 2.53. The molecule has 0 rings (SSSR count). The van der Waals surface area contributed by atoms with Crippen LogP contribution in [0.25, 0.3) is 0 Å². The summed E-state index contributed by atoms with van der Waals surface area (Å²) in [5.74, 6) is 4.35. The number of nitriles is 1. The van der Waals surface area contributed by atoms with Crippen molar-refractivity contribution in [3.05, 3.63) is 0 Å². The zero-order valence-electron chi connectivity index (χ0n) is 36.3. The number of rotatable bonds is 26. The van der Waals surface area contributed by atoms with Crippen molar-refractivity contribution in [1.29, 1.82) is 5.26 Å². The lowest BCUT2D eigenvalue weighted by molar-refractivity contribution is -0.138. The largest absolute Gasteiger partial charge is 0.392 e. The second-order valence-corrected chi connectivity index (χ2v) is 24.2. The van der Waals surface area contributed by atoms with Crippen LogP contribution in [0.15, 0.2) is 5.10 Å². The molecule has 0 fully saturated rings. The summed E-state index contributed by atoms with van der Waals surface area (Å²) in [5, 5.41) is 37.4. The molecule has 10 atom stereocenters. The highest BCUT2D eigenvalue weighted by molar-refractivity contribution is 8.25. The Morgan fingerprint density at radius 3 is 1.68 bits per heavy atom. The van der Waals surface area contributed by atoms with Gasteiger partial charge in [0.1, 0.15) is 0 Å². The summed E-state index contributed by atoms with van der Waals surface area (Å²) in [6.07, 6.45) is -1.43. The maximum atomic E-state index is 14.4. The van der Waals surface area contributed by atoms with Gasteiger partial charge in [-0.3, -0.25) is 40.0 Å². The zero-order valence-corrected chi connectivity index (χ0v) is 41.7. The highest BCUT2D eigenvalue weighted by atomic mass is 32.5. The van der Waals surface area contributed by atoms with Crippen molar-refractivity contribution in [2.24, 2.45) is 43.4 Å². The molecule has 17 nitrogen and oxygen atoms in total. The number of hydrogen-bond acceptors (Lipinski definition) is 11. The first kappa shape index (κ1) is 57.1. The number of hydrogen-bond donors (Lipinski definition) is 9. The van der Waals surface area contributed by atoms with E-state index < -0.39 is 103 Å². The maximum absolute atomic E-state index is 14.4. The van der Waals surface area contributed by atoms with Gasteiger partial charge in [0.2, 0.25) is 33.1 Å². The third-order valence-electron chi connectivity index (χ3n) is 11.0. The van der Waals surface area contributed by atoms with E-state index in [1.807, 2.05) is 0 Å². The van der Waals surface area contributed by atoms with Crippen LogP contribution in [0.3, 0.4) is 0 Å². The molecule has 0 aromatic carbocycles. The SMILES string of the molecule is C=NNS(=P)C(=O)C(C)(CC(C)(C)C(=O)S(=P)NNC(=O)CCC(C)(C#N)C(C)(CC)C(=O)NCC(C)O)CC(C)(CC(C)(CC)C(=O)NCC(C)O)C(=O)S(=P)NN. The lowest BCUT2D eigenvalue weighted by Crippen LogP contribution is -2.51. The molecule has 0 heterocycles. The molecule has 0 aliphatic carbocycles. The minimum absolute atomic E-state index is 0.00452. The molecule has 0 saturated heterocycles. The molecule has 0 radical (unpaired) electrons. The van der Waals surface area contributed by atoms with E-state index in [4.69, 9.17) is 5.84 Å². The molecule has 10 unspecified atom stereocenters. The summed E-state index contributed by atoms with van der Waals surface area (Å²) >= 11 is 0. The molecular weight excluding hydrogens is 876 g/mol. The van der Waals surface area contributed by atoms with Crippen molar-refractivity contribution in [3.8, 4) is 6.07 Å². The minimum atomic E-state index is -1.50. The number of aliphatic hydroxyl groups is 2. The van der Waals surface area contributed by atoms with E-state index in [-0.39, 0.29) is 51.1 Å². The number of amides is 3. The average Bonchev–Trinajstić information content (AvgIpc) is 3.17. The molecule has 0 aliphatic heterocycles. The standard InChI is InChI=1S/C36H68N9O8P3S3/c1-13-32(7,26(49)40-17-23(3)46)20-34(9,29(52)57(54)43-38)21-33(8,30(53)59(56)44-39-12)19-31(5,6)28(51)58(55)45-42-25(48)15-16-35(10,22-37)36(11,14-2)27(50)41-18-24(4)47/h23-24,43-47,54-56H,12-21,38H2,1-11H3,(H,40,49)(H,41,50)(H,42,48). The van der Waals surface area contributed by atoms with Crippen molar-refractivity contribution in [2.45, 2.75) is 133 Å². The van der Waals surface area contributed by atoms with E-state index in [9.17, 15) is 44.2 Å². The third kappa shape index (κ3) is 15.8. The molecule has 3 amide bonds. The van der Waals surface area contributed by atoms with E-state index in [0.717, 1.165) is 0 Å². The number of nitrogens with zero attached hydrogens (tertiary/aromatic N) is 2. The lowest BCUT2D eigenvalue weighted by Gasteiger charge is -2.44. The van der Waals surface area contributed by atoms with Gasteiger partial charge in [-0.2, -0.15) is 20.0 Å². The summed E-state index contributed by atoms with van der Waals surface area (Å²) < 4.78 is 0. The fraction of sp³-hybridized carbons (Fsp3) is 0.778. The first-order valence-corrected chi connectivity index (χ1v) is 26.4. The summed E-state index contributed by atoms with van der Waals surface area (Å²) in [7, 11) is 5.92. The Hall–Kier alpha value is -1.87. The second-order valence-electron chi connectivity index (χ2n) is 17.0. The topological polar surface area (TPSA) is 277 Å². The van der Waals surface area contributed by atoms with E-state index in [2.05, 4.69) is 72.5 Å². The number of hydrazone groups is 1. The summed E-state index contributed by atoms with van der Waals surface area (Å²) in [6.45, 7) is 21.6. The number of aliphatic hydroxyl groups excluding tert-OH is 2. The van der Waals surface area contributed by atoms with Crippen LogP contribution in [0.2, 0.25) is 0 Å². The van der Waals surface area contributed by atoms with Gasteiger partial charge in [0.05, 0.1) is 29.1 Å². The van der Waals surface area contributed by atoms with Gasteiger partial charge in [-0.05, 0) is 86.7 Å². The highest BCUT2D eigenvalue weighted by Crippen LogP contribution is 2.50. The Bertz CT molecular complexity index is 1700. The Morgan fingerprint density at radius 1 is 0.763 bits per heavy atom. The summed E-state index contributed by atoms with van der Waals surface area (Å²) in [5.41, 5.74) is -5.22. The number of carbonyl (C=O) groups excluding carboxylic acids is 6. The molecule has 0 spiro atoms. The first-order chi connectivity index (χ1) is 26.9. The number of nitrogens with one attached hydrogen (secondary N) is 6. The molecule has 59 heavy (non-hydrogen) atoms. The minimum Gasteiger partial charge on any atom is -0.392 e. The molecule has 0 bridgehead atoms. The van der Waals surface area contributed by atoms with E-state index in [0.29, 0.717) is 12.8 Å². The number of nitrogens with two attached hydrogens (primary N) is 1. The molecule has 0 aromatic heterocycles. The van der Waals surface area contributed by atoms with Crippen molar-refractivity contribution < 1.29 is 39.0 Å². The fourth-order valence-corrected chi connectivity index (χ4v) is 12.4. The molecule has 10 N–H and O–H groups in total. The number of carbonyl (C=O) groups is 6. The van der Waals surface area contributed by atoms with E-state index in [1.165, 1.54) is 13.8 Å². The van der Waals surface area contributed by atoms with Gasteiger partial charge >= 0.3 is 0 Å². The number of hydrazine groups is 2. The Balaban J connectivity index is 6.64. The van der Waals surface area contributed by atoms with E-state index >= 15 is 0 Å². The van der Waals surface area contributed by atoms with Crippen LogP contribution in [0.5, 0.6) is 0 Å². The van der Waals surface area contributed by atoms with Crippen LogP contribution < -0.4 is 36.4 Å². The van der Waals surface area contributed by atoms with Crippen LogP contribution in [0.4, 0.5) is 0 Å². The molecule has 23 heteroatoms. The normalized spacial score (nSPS) is 19.4. The Morgan fingerprint density at radius 2 is 1.24 bits per heavy atom. The average molecular weight is 944 g/mol. The van der Waals surface area contributed by atoms with E-state index in [1.54, 1.807) is 62.3 Å². The molecule has 338 valence electrons. The Kier molecular flexibility index (Phi) is 23.3. The van der Waals surface area contributed by atoms with Gasteiger partial charge < -0.3 is 20.8 Å². The first-order valence-electron chi connectivity index (χ1n) is 19.0. The molecule has 0 aromatic rings. The monoisotopic (exact) mass is 943 g/mol. The zero-order chi connectivity index (χ0) is 46.4. The summed E-state index contributed by atoms with van der Waals surface area (Å²) in [6, 6.07) is 2.21. The third-order valence-corrected chi connectivity index (χ3v) is 17.1. The summed E-state index contributed by atoms with van der Waals surface area (Å²) in [4.78, 5) is 90.3. The van der Waals surface area contributed by atoms with Gasteiger partial charge in [-0.1, -0.05) is 72.5 Å². The van der Waals surface area contributed by atoms with Gasteiger partial charge in [0, 0.05) is 58.1 Å². The molecular formula is C36H68N9O8P3S3. The predicted octanol–water partition coefficient (Wildman–Crippen LogP) is 2.97. The fourth-order valence-electron chi connectivity index (χ4n) is 7.20. The van der Waals surface area contributed by atoms with Crippen LogP contribution >= 0.6 is 24.0 Å². The van der Waals surface area contributed by atoms with Gasteiger partial charge in [-0.15, -0.1) is 0 Å². The molecule has 0 aliphatic rings. The van der Waals surface area contributed by atoms with Crippen molar-refractivity contribution in [1.82, 2.24) is 30.6 Å². The maximum Gasteiger partial charge on any atom is 0.234 e. The van der Waals surface area contributed by atoms with Gasteiger partial charge in [0.25, 0.3) is 0 Å². The smallest absolute Gasteiger partial charge is 0.234 e. The quantitative estimate of drug-likeness (QED) is 0.0262. The second kappa shape index (κ2) is 24.1.